The van der Waals surface area contributed by atoms with E-state index in [1.807, 2.05) is 0 Å². The molecule has 1 heterocycles. The molecule has 1 rings (SSSR count). The Morgan fingerprint density at radius 2 is 2.27 bits per heavy atom. The fourth-order valence-corrected chi connectivity index (χ4v) is 0.740. The maximum absolute atomic E-state index is 10.9. The van der Waals surface area contributed by atoms with Crippen molar-refractivity contribution in [3.8, 4) is 11.6 Å². The summed E-state index contributed by atoms with van der Waals surface area (Å²) in [6, 6.07) is 0. The molecule has 0 aliphatic carbocycles. The summed E-state index contributed by atoms with van der Waals surface area (Å²) in [5.41, 5.74) is -1.13. The highest BCUT2D eigenvalue weighted by Crippen LogP contribution is 2.25. The van der Waals surface area contributed by atoms with E-state index in [9.17, 15) is 9.59 Å². The third-order valence-corrected chi connectivity index (χ3v) is 1.22. The quantitative estimate of drug-likeness (QED) is 0.584. The van der Waals surface area contributed by atoms with Crippen LogP contribution in [0.25, 0.3) is 0 Å². The van der Waals surface area contributed by atoms with Crippen LogP contribution in [-0.2, 0) is 4.74 Å². The lowest BCUT2D eigenvalue weighted by atomic mass is 10.6. The van der Waals surface area contributed by atoms with E-state index in [2.05, 4.69) is 23.9 Å². The molecule has 1 aromatic heterocycles. The molecule has 0 unspecified atom stereocenters. The standard InChI is InChI=1S/C7H6ClNO6/c1-2-12-7(11)14-4-3-13-9-5(4)15-6(8)10/h3H,2H2,1H3. The molecule has 0 amide bonds. The molecule has 0 aliphatic rings. The van der Waals surface area contributed by atoms with E-state index in [0.29, 0.717) is 0 Å². The van der Waals surface area contributed by atoms with E-state index < -0.39 is 11.6 Å². The van der Waals surface area contributed by atoms with E-state index in [4.69, 9.17) is 11.6 Å². The molecular weight excluding hydrogens is 230 g/mol. The van der Waals surface area contributed by atoms with Gasteiger partial charge in [0.2, 0.25) is 5.75 Å². The Hall–Kier alpha value is -1.76. The van der Waals surface area contributed by atoms with Crippen LogP contribution in [-0.4, -0.2) is 23.3 Å². The highest BCUT2D eigenvalue weighted by molar-refractivity contribution is 6.61. The number of halogens is 1. The summed E-state index contributed by atoms with van der Waals surface area (Å²) in [7, 11) is 0. The van der Waals surface area contributed by atoms with Gasteiger partial charge in [0.25, 0.3) is 0 Å². The Bertz CT molecular complexity index is 362. The van der Waals surface area contributed by atoms with Gasteiger partial charge in [-0.1, -0.05) is 0 Å². The average Bonchev–Trinajstić information content (AvgIpc) is 2.52. The fourth-order valence-electron chi connectivity index (χ4n) is 0.667. The molecular formula is C7H6ClNO6. The van der Waals surface area contributed by atoms with Crippen molar-refractivity contribution in [3.63, 3.8) is 0 Å². The van der Waals surface area contributed by atoms with Gasteiger partial charge in [-0.2, -0.15) is 0 Å². The summed E-state index contributed by atoms with van der Waals surface area (Å²) < 4.78 is 17.8. The van der Waals surface area contributed by atoms with Crippen LogP contribution in [0.5, 0.6) is 11.6 Å². The fraction of sp³-hybridized carbons (Fsp3) is 0.286. The smallest absolute Gasteiger partial charge is 0.434 e. The summed E-state index contributed by atoms with van der Waals surface area (Å²) in [5, 5.41) is 3.23. The Morgan fingerprint density at radius 3 is 2.87 bits per heavy atom. The van der Waals surface area contributed by atoms with Gasteiger partial charge in [-0.25, -0.2) is 9.59 Å². The van der Waals surface area contributed by atoms with Gasteiger partial charge >= 0.3 is 17.5 Å². The molecule has 0 radical (unpaired) electrons. The van der Waals surface area contributed by atoms with Crippen LogP contribution in [0.15, 0.2) is 10.8 Å². The maximum atomic E-state index is 10.9. The average molecular weight is 236 g/mol. The minimum Gasteiger partial charge on any atom is -0.434 e. The SMILES string of the molecule is CCOC(=O)Oc1conc1OC(=O)Cl. The van der Waals surface area contributed by atoms with Crippen LogP contribution in [0.2, 0.25) is 0 Å². The van der Waals surface area contributed by atoms with Gasteiger partial charge in [0, 0.05) is 11.6 Å². The molecule has 0 N–H and O–H groups in total. The van der Waals surface area contributed by atoms with Gasteiger partial charge in [0.05, 0.1) is 6.61 Å². The molecule has 7 nitrogen and oxygen atoms in total. The van der Waals surface area contributed by atoms with Crippen molar-refractivity contribution in [3.05, 3.63) is 6.26 Å². The molecule has 0 fully saturated rings. The first-order valence-electron chi connectivity index (χ1n) is 3.79. The first-order valence-corrected chi connectivity index (χ1v) is 4.17. The van der Waals surface area contributed by atoms with Crippen molar-refractivity contribution in [1.29, 1.82) is 0 Å². The Balaban J connectivity index is 2.64. The molecule has 0 bridgehead atoms. The zero-order valence-corrected chi connectivity index (χ0v) is 8.32. The Kier molecular flexibility index (Phi) is 3.92. The van der Waals surface area contributed by atoms with Gasteiger partial charge in [-0.15, -0.1) is 0 Å². The van der Waals surface area contributed by atoms with Crippen molar-refractivity contribution < 1.29 is 28.3 Å². The molecule has 0 saturated heterocycles. The van der Waals surface area contributed by atoms with E-state index >= 15 is 0 Å². The van der Waals surface area contributed by atoms with Crippen molar-refractivity contribution in [1.82, 2.24) is 5.16 Å². The van der Waals surface area contributed by atoms with Gasteiger partial charge in [-0.3, -0.25) is 0 Å². The zero-order valence-electron chi connectivity index (χ0n) is 7.56. The van der Waals surface area contributed by atoms with Gasteiger partial charge in [-0.05, 0) is 12.1 Å². The number of carbonyl (C=O) groups is 2. The molecule has 0 aliphatic heterocycles. The molecule has 0 saturated carbocycles. The highest BCUT2D eigenvalue weighted by Gasteiger charge is 2.17. The summed E-state index contributed by atoms with van der Waals surface area (Å²) in [6.45, 7) is 1.75. The topological polar surface area (TPSA) is 87.9 Å². The largest absolute Gasteiger partial charge is 0.514 e. The molecule has 15 heavy (non-hydrogen) atoms. The molecule has 82 valence electrons. The maximum Gasteiger partial charge on any atom is 0.514 e. The van der Waals surface area contributed by atoms with E-state index in [1.165, 1.54) is 0 Å². The second-order valence-electron chi connectivity index (χ2n) is 2.11. The summed E-state index contributed by atoms with van der Waals surface area (Å²) in [4.78, 5) is 21.2. The number of aromatic nitrogens is 1. The van der Waals surface area contributed by atoms with Gasteiger partial charge in [0.15, 0.2) is 6.26 Å². The van der Waals surface area contributed by atoms with E-state index in [1.54, 1.807) is 6.92 Å². The molecule has 1 aromatic rings. The lowest BCUT2D eigenvalue weighted by Crippen LogP contribution is -2.10. The van der Waals surface area contributed by atoms with Crippen LogP contribution < -0.4 is 9.47 Å². The van der Waals surface area contributed by atoms with E-state index in [-0.39, 0.29) is 18.2 Å². The minimum atomic E-state index is -1.13. The van der Waals surface area contributed by atoms with Gasteiger partial charge < -0.3 is 18.7 Å². The van der Waals surface area contributed by atoms with E-state index in [0.717, 1.165) is 6.26 Å². The predicted molar refractivity (Wildman–Crippen MR) is 46.0 cm³/mol. The summed E-state index contributed by atoms with van der Waals surface area (Å²) >= 11 is 4.92. The number of carbonyl (C=O) groups excluding carboxylic acids is 2. The third kappa shape index (κ3) is 3.47. The Labute approximate surface area is 88.8 Å². The zero-order chi connectivity index (χ0) is 11.3. The number of hydrogen-bond donors (Lipinski definition) is 0. The minimum absolute atomic E-state index is 0.148. The lowest BCUT2D eigenvalue weighted by Gasteiger charge is -2.01. The molecule has 0 aromatic carbocycles. The first kappa shape index (κ1) is 11.3. The van der Waals surface area contributed by atoms with Crippen LogP contribution >= 0.6 is 11.6 Å². The Morgan fingerprint density at radius 1 is 1.53 bits per heavy atom. The normalized spacial score (nSPS) is 9.47. The van der Waals surface area contributed by atoms with Crippen molar-refractivity contribution in [2.75, 3.05) is 6.61 Å². The van der Waals surface area contributed by atoms with Crippen LogP contribution in [0.4, 0.5) is 9.59 Å². The lowest BCUT2D eigenvalue weighted by molar-refractivity contribution is 0.103. The molecule has 8 heteroatoms. The van der Waals surface area contributed by atoms with Crippen LogP contribution in [0, 0.1) is 0 Å². The molecule has 0 spiro atoms. The number of hydrogen-bond acceptors (Lipinski definition) is 7. The van der Waals surface area contributed by atoms with Gasteiger partial charge in [0.1, 0.15) is 0 Å². The predicted octanol–water partition coefficient (Wildman–Crippen LogP) is 1.95. The summed E-state index contributed by atoms with van der Waals surface area (Å²) in [5.74, 6) is -0.537. The second-order valence-corrected chi connectivity index (χ2v) is 2.42. The number of ether oxygens (including phenoxy) is 3. The first-order chi connectivity index (χ1) is 7.13. The number of rotatable bonds is 3. The monoisotopic (exact) mass is 235 g/mol. The number of nitrogens with zero attached hydrogens (tertiary/aromatic N) is 1. The second kappa shape index (κ2) is 5.20. The highest BCUT2D eigenvalue weighted by atomic mass is 35.5. The third-order valence-electron chi connectivity index (χ3n) is 1.14. The van der Waals surface area contributed by atoms with Crippen LogP contribution in [0.1, 0.15) is 6.92 Å². The van der Waals surface area contributed by atoms with Crippen molar-refractivity contribution >= 4 is 23.2 Å². The van der Waals surface area contributed by atoms with Crippen molar-refractivity contribution in [2.45, 2.75) is 6.92 Å². The van der Waals surface area contributed by atoms with Crippen molar-refractivity contribution in [2.24, 2.45) is 0 Å². The summed E-state index contributed by atoms with van der Waals surface area (Å²) in [6.07, 6.45) is -0.000844. The van der Waals surface area contributed by atoms with Crippen LogP contribution in [0.3, 0.4) is 0 Å². The molecule has 0 atom stereocenters.